The van der Waals surface area contributed by atoms with Gasteiger partial charge in [-0.05, 0) is 47.9 Å². The highest BCUT2D eigenvalue weighted by molar-refractivity contribution is 6.35. The molecule has 3 aromatic carbocycles. The molecule has 0 radical (unpaired) electrons. The lowest BCUT2D eigenvalue weighted by molar-refractivity contribution is 0.0644. The summed E-state index contributed by atoms with van der Waals surface area (Å²) in [5.41, 5.74) is 4.09. The van der Waals surface area contributed by atoms with Crippen LogP contribution in [0.4, 0.5) is 0 Å². The van der Waals surface area contributed by atoms with E-state index in [0.717, 1.165) is 16.7 Å². The molecule has 3 heterocycles. The van der Waals surface area contributed by atoms with Gasteiger partial charge in [0.1, 0.15) is 17.5 Å². The zero-order valence-electron chi connectivity index (χ0n) is 21.4. The van der Waals surface area contributed by atoms with Gasteiger partial charge in [-0.25, -0.2) is 4.98 Å². The first kappa shape index (κ1) is 25.5. The molecule has 0 N–H and O–H groups in total. The largest absolute Gasteiger partial charge is 0.489 e. The Morgan fingerprint density at radius 2 is 1.57 bits per heavy atom. The van der Waals surface area contributed by atoms with E-state index < -0.39 is 0 Å². The summed E-state index contributed by atoms with van der Waals surface area (Å²) in [5.74, 6) is -0.135. The molecule has 6 rings (SSSR count). The van der Waals surface area contributed by atoms with Gasteiger partial charge >= 0.3 is 0 Å². The third kappa shape index (κ3) is 4.76. The van der Waals surface area contributed by atoms with Gasteiger partial charge in [-0.3, -0.25) is 23.9 Å². The second-order valence-corrected chi connectivity index (χ2v) is 9.87. The predicted octanol–water partition coefficient (Wildman–Crippen LogP) is 6.65. The van der Waals surface area contributed by atoms with Gasteiger partial charge in [0.2, 0.25) is 5.91 Å². The van der Waals surface area contributed by atoms with Gasteiger partial charge in [0.15, 0.2) is 0 Å². The van der Waals surface area contributed by atoms with Crippen molar-refractivity contribution < 1.29 is 19.1 Å². The van der Waals surface area contributed by atoms with Crippen molar-refractivity contribution in [1.29, 1.82) is 0 Å². The van der Waals surface area contributed by atoms with E-state index in [1.54, 1.807) is 47.3 Å². The smallest absolute Gasteiger partial charge is 0.261 e. The number of pyridine rings is 1. The van der Waals surface area contributed by atoms with Crippen LogP contribution in [-0.4, -0.2) is 38.7 Å². The molecule has 40 heavy (non-hydrogen) atoms. The number of fused-ring (bicyclic) bond motifs is 2. The maximum Gasteiger partial charge on any atom is 0.261 e. The highest BCUT2D eigenvalue weighted by atomic mass is 35.5. The number of aromatic nitrogens is 2. The first-order valence-electron chi connectivity index (χ1n) is 12.9. The van der Waals surface area contributed by atoms with E-state index in [1.165, 1.54) is 4.90 Å². The Labute approximate surface area is 235 Å². The van der Waals surface area contributed by atoms with Crippen LogP contribution >= 0.6 is 11.6 Å². The third-order valence-electron chi connectivity index (χ3n) is 6.98. The molecule has 0 saturated carbocycles. The lowest BCUT2D eigenvalue weighted by atomic mass is 10.1. The Morgan fingerprint density at radius 3 is 2.33 bits per heavy atom. The Morgan fingerprint density at radius 1 is 0.850 bits per heavy atom. The predicted molar refractivity (Wildman–Crippen MR) is 153 cm³/mol. The van der Waals surface area contributed by atoms with Crippen molar-refractivity contribution in [2.24, 2.45) is 0 Å². The Balaban J connectivity index is 1.21. The number of hydrogen-bond donors (Lipinski definition) is 0. The molecule has 2 aromatic heterocycles. The number of imide groups is 1. The number of carbonyl (C=O) groups excluding carboxylic acids is 3. The third-order valence-corrected chi connectivity index (χ3v) is 7.27. The minimum Gasteiger partial charge on any atom is -0.489 e. The number of halogens is 1. The Hall–Kier alpha value is -4.75. The van der Waals surface area contributed by atoms with Gasteiger partial charge in [-0.15, -0.1) is 0 Å². The van der Waals surface area contributed by atoms with Crippen LogP contribution in [0.5, 0.6) is 5.75 Å². The summed E-state index contributed by atoms with van der Waals surface area (Å²) in [6.07, 6.45) is 3.80. The molecule has 0 atom stereocenters. The maximum absolute atomic E-state index is 13.4. The van der Waals surface area contributed by atoms with Crippen LogP contribution in [0.15, 0.2) is 97.3 Å². The lowest BCUT2D eigenvalue weighted by Crippen LogP contribution is -2.31. The summed E-state index contributed by atoms with van der Waals surface area (Å²) in [5, 5.41) is 0.957. The zero-order chi connectivity index (χ0) is 27.6. The normalized spacial score (nSPS) is 12.7. The summed E-state index contributed by atoms with van der Waals surface area (Å²) in [4.78, 5) is 44.2. The topological polar surface area (TPSA) is 81.5 Å². The van der Waals surface area contributed by atoms with E-state index in [-0.39, 0.29) is 30.7 Å². The molecule has 1 aliphatic heterocycles. The monoisotopic (exact) mass is 549 g/mol. The van der Waals surface area contributed by atoms with Crippen LogP contribution in [0.3, 0.4) is 0 Å². The average molecular weight is 550 g/mol. The molecule has 8 heteroatoms. The summed E-state index contributed by atoms with van der Waals surface area (Å²) in [7, 11) is 0. The summed E-state index contributed by atoms with van der Waals surface area (Å²) in [6, 6.07) is 26.0. The first-order valence-corrected chi connectivity index (χ1v) is 13.3. The second-order valence-electron chi connectivity index (χ2n) is 9.52. The number of ether oxygens (including phenoxy) is 1. The van der Waals surface area contributed by atoms with Gasteiger partial charge in [-0.2, -0.15) is 0 Å². The minimum absolute atomic E-state index is 0.136. The fourth-order valence-corrected chi connectivity index (χ4v) is 5.27. The number of rotatable bonds is 8. The van der Waals surface area contributed by atoms with E-state index in [1.807, 2.05) is 54.6 Å². The molecular formula is C32H24ClN3O4. The number of nitrogens with zero attached hydrogens (tertiary/aromatic N) is 3. The molecular weight excluding hydrogens is 526 g/mol. The van der Waals surface area contributed by atoms with Crippen LogP contribution in [0.2, 0.25) is 5.15 Å². The molecule has 0 saturated heterocycles. The van der Waals surface area contributed by atoms with Gasteiger partial charge < -0.3 is 4.74 Å². The van der Waals surface area contributed by atoms with Crippen LogP contribution in [0.1, 0.15) is 43.9 Å². The molecule has 1 aliphatic rings. The highest BCUT2D eigenvalue weighted by Gasteiger charge is 2.34. The molecule has 0 aliphatic carbocycles. The van der Waals surface area contributed by atoms with Crippen molar-refractivity contribution in [2.45, 2.75) is 19.4 Å². The Bertz CT molecular complexity index is 1730. The van der Waals surface area contributed by atoms with Crippen molar-refractivity contribution in [1.82, 2.24) is 14.5 Å². The van der Waals surface area contributed by atoms with E-state index in [2.05, 4.69) is 4.98 Å². The lowest BCUT2D eigenvalue weighted by Gasteiger charge is -2.13. The first-order chi connectivity index (χ1) is 19.5. The van der Waals surface area contributed by atoms with E-state index in [4.69, 9.17) is 16.3 Å². The molecule has 0 unspecified atom stereocenters. The fraction of sp³-hybridized carbons (Fsp3) is 0.125. The van der Waals surface area contributed by atoms with Gasteiger partial charge in [0.05, 0.1) is 16.6 Å². The standard InChI is InChI=1S/C32H24ClN3O4/c33-30-29-26(22-10-6-11-23(18-22)40-20-21-8-2-1-3-9-21)19-36(27(29)15-16-34-30)28(37)14-7-17-35-31(38)24-12-4-5-13-25(24)32(35)39/h1-6,8-13,15-16,18-19H,7,14,17,20H2. The van der Waals surface area contributed by atoms with Crippen molar-refractivity contribution in [2.75, 3.05) is 6.54 Å². The van der Waals surface area contributed by atoms with Crippen LogP contribution in [0.25, 0.3) is 22.0 Å². The van der Waals surface area contributed by atoms with Crippen LogP contribution in [-0.2, 0) is 6.61 Å². The van der Waals surface area contributed by atoms with Gasteiger partial charge in [0, 0.05) is 36.3 Å². The van der Waals surface area contributed by atoms with Gasteiger partial charge in [0.25, 0.3) is 11.8 Å². The molecule has 198 valence electrons. The molecule has 0 spiro atoms. The van der Waals surface area contributed by atoms with Crippen LogP contribution < -0.4 is 4.74 Å². The van der Waals surface area contributed by atoms with Crippen molar-refractivity contribution in [3.63, 3.8) is 0 Å². The minimum atomic E-state index is -0.325. The number of benzene rings is 3. The quantitative estimate of drug-likeness (QED) is 0.160. The molecule has 2 amide bonds. The molecule has 5 aromatic rings. The molecule has 7 nitrogen and oxygen atoms in total. The number of hydrogen-bond acceptors (Lipinski definition) is 5. The second kappa shape index (κ2) is 10.8. The maximum atomic E-state index is 13.4. The summed E-state index contributed by atoms with van der Waals surface area (Å²) < 4.78 is 7.58. The zero-order valence-corrected chi connectivity index (χ0v) is 22.2. The highest BCUT2D eigenvalue weighted by Crippen LogP contribution is 2.36. The van der Waals surface area contributed by atoms with Crippen molar-refractivity contribution >= 4 is 40.2 Å². The SMILES string of the molecule is O=C1c2ccccc2C(=O)N1CCCC(=O)n1cc(-c2cccc(OCc3ccccc3)c2)c2c(Cl)nccc21. The summed E-state index contributed by atoms with van der Waals surface area (Å²) in [6.45, 7) is 0.590. The van der Waals surface area contributed by atoms with Gasteiger partial charge in [-0.1, -0.05) is 66.2 Å². The average Bonchev–Trinajstić information content (AvgIpc) is 3.50. The van der Waals surface area contributed by atoms with E-state index in [0.29, 0.717) is 46.0 Å². The Kier molecular flexibility index (Phi) is 6.88. The van der Waals surface area contributed by atoms with E-state index >= 15 is 0 Å². The number of amides is 2. The number of carbonyl (C=O) groups is 3. The van der Waals surface area contributed by atoms with Crippen molar-refractivity contribution in [3.8, 4) is 16.9 Å². The van der Waals surface area contributed by atoms with Crippen molar-refractivity contribution in [3.05, 3.63) is 119 Å². The fourth-order valence-electron chi connectivity index (χ4n) is 5.01. The summed E-state index contributed by atoms with van der Waals surface area (Å²) >= 11 is 6.53. The molecule has 0 fully saturated rings. The molecule has 0 bridgehead atoms. The van der Waals surface area contributed by atoms with E-state index in [9.17, 15) is 14.4 Å². The van der Waals surface area contributed by atoms with Crippen LogP contribution in [0, 0.1) is 0 Å².